The number of aromatic nitrogens is 2. The first kappa shape index (κ1) is 19.4. The van der Waals surface area contributed by atoms with Crippen molar-refractivity contribution in [3.8, 4) is 11.4 Å². The molecule has 8 heteroatoms. The highest BCUT2D eigenvalue weighted by Gasteiger charge is 2.27. The van der Waals surface area contributed by atoms with Crippen molar-refractivity contribution in [3.63, 3.8) is 0 Å². The van der Waals surface area contributed by atoms with Crippen molar-refractivity contribution < 1.29 is 9.53 Å². The van der Waals surface area contributed by atoms with Crippen molar-refractivity contribution in [3.05, 3.63) is 45.7 Å². The fourth-order valence-electron chi connectivity index (χ4n) is 3.82. The number of hydrogen-bond donors (Lipinski definition) is 1. The van der Waals surface area contributed by atoms with Gasteiger partial charge in [0.05, 0.1) is 23.2 Å². The van der Waals surface area contributed by atoms with Crippen LogP contribution in [0.4, 0.5) is 5.00 Å². The molecule has 1 aromatic carbocycles. The summed E-state index contributed by atoms with van der Waals surface area (Å²) < 4.78 is 6.45. The molecule has 4 rings (SSSR count). The third kappa shape index (κ3) is 3.48. The molecule has 1 saturated heterocycles. The third-order valence-corrected chi connectivity index (χ3v) is 6.49. The number of carbonyl (C=O) groups is 1. The molecule has 2 N–H and O–H groups in total. The van der Waals surface area contributed by atoms with Gasteiger partial charge in [0.25, 0.3) is 11.5 Å². The van der Waals surface area contributed by atoms with Crippen LogP contribution in [0.2, 0.25) is 0 Å². The van der Waals surface area contributed by atoms with E-state index in [0.29, 0.717) is 46.2 Å². The van der Waals surface area contributed by atoms with E-state index in [0.717, 1.165) is 19.3 Å². The number of nitrogens with zero attached hydrogens (tertiary/aromatic N) is 3. The first-order valence-corrected chi connectivity index (χ1v) is 10.6. The van der Waals surface area contributed by atoms with Gasteiger partial charge in [-0.3, -0.25) is 9.59 Å². The molecule has 0 aliphatic carbocycles. The Balaban J connectivity index is 1.80. The second-order valence-electron chi connectivity index (χ2n) is 7.30. The molecule has 0 atom stereocenters. The summed E-state index contributed by atoms with van der Waals surface area (Å²) in [5.74, 6) is 1.19. The zero-order chi connectivity index (χ0) is 20.5. The van der Waals surface area contributed by atoms with E-state index in [2.05, 4.69) is 12.0 Å². The van der Waals surface area contributed by atoms with Gasteiger partial charge in [0.1, 0.15) is 5.75 Å². The monoisotopic (exact) mass is 412 g/mol. The van der Waals surface area contributed by atoms with E-state index in [1.807, 2.05) is 4.90 Å². The Morgan fingerprint density at radius 2 is 1.97 bits per heavy atom. The van der Waals surface area contributed by atoms with Gasteiger partial charge in [0, 0.05) is 23.9 Å². The topological polar surface area (TPSA) is 90.5 Å². The quantitative estimate of drug-likeness (QED) is 0.710. The number of thiophene rings is 1. The van der Waals surface area contributed by atoms with Crippen molar-refractivity contribution in [2.24, 2.45) is 5.92 Å². The molecule has 1 fully saturated rings. The lowest BCUT2D eigenvalue weighted by Crippen LogP contribution is -2.39. The summed E-state index contributed by atoms with van der Waals surface area (Å²) in [6, 6.07) is 6.98. The standard InChI is InChI=1S/C21H24N4O3S/c1-3-13-8-10-24(11-9-13)21(27)18-16-12-29-19(22)17(16)20(26)25(23-18)14-4-6-15(28-2)7-5-14/h4-7,12-13H,3,8-11,22H2,1-2H3. The van der Waals surface area contributed by atoms with Gasteiger partial charge >= 0.3 is 0 Å². The highest BCUT2D eigenvalue weighted by molar-refractivity contribution is 7.15. The predicted octanol–water partition coefficient (Wildman–Crippen LogP) is 3.30. The molecular weight excluding hydrogens is 388 g/mol. The fraction of sp³-hybridized carbons (Fsp3) is 0.381. The van der Waals surface area contributed by atoms with E-state index in [1.54, 1.807) is 36.8 Å². The molecule has 152 valence electrons. The number of likely N-dealkylation sites (tertiary alicyclic amines) is 1. The normalized spacial score (nSPS) is 15.0. The molecule has 0 spiro atoms. The largest absolute Gasteiger partial charge is 0.497 e. The van der Waals surface area contributed by atoms with Crippen LogP contribution in [0.3, 0.4) is 0 Å². The predicted molar refractivity (Wildman–Crippen MR) is 115 cm³/mol. The summed E-state index contributed by atoms with van der Waals surface area (Å²) in [6.07, 6.45) is 3.12. The highest BCUT2D eigenvalue weighted by atomic mass is 32.1. The third-order valence-electron chi connectivity index (χ3n) is 5.68. The zero-order valence-corrected chi connectivity index (χ0v) is 17.4. The van der Waals surface area contributed by atoms with Gasteiger partial charge < -0.3 is 15.4 Å². The van der Waals surface area contributed by atoms with Crippen LogP contribution in [0, 0.1) is 5.92 Å². The van der Waals surface area contributed by atoms with E-state index >= 15 is 0 Å². The molecule has 7 nitrogen and oxygen atoms in total. The van der Waals surface area contributed by atoms with Crippen LogP contribution in [0.25, 0.3) is 16.5 Å². The van der Waals surface area contributed by atoms with E-state index in [4.69, 9.17) is 10.5 Å². The number of benzene rings is 1. The molecule has 2 aromatic heterocycles. The number of amides is 1. The molecule has 3 aromatic rings. The van der Waals surface area contributed by atoms with Gasteiger partial charge in [-0.15, -0.1) is 11.3 Å². The molecular formula is C21H24N4O3S. The van der Waals surface area contributed by atoms with Crippen LogP contribution in [0.15, 0.2) is 34.4 Å². The van der Waals surface area contributed by atoms with Gasteiger partial charge in [0.15, 0.2) is 5.69 Å². The molecule has 3 heterocycles. The SMILES string of the molecule is CCC1CCN(C(=O)c2nn(-c3ccc(OC)cc3)c(=O)c3c(N)scc23)CC1. The Kier molecular flexibility index (Phi) is 5.27. The summed E-state index contributed by atoms with van der Waals surface area (Å²) in [5.41, 5.74) is 6.59. The minimum Gasteiger partial charge on any atom is -0.497 e. The minimum absolute atomic E-state index is 0.149. The lowest BCUT2D eigenvalue weighted by Gasteiger charge is -2.31. The van der Waals surface area contributed by atoms with E-state index < -0.39 is 0 Å². The lowest BCUT2D eigenvalue weighted by molar-refractivity contribution is 0.0683. The number of nitrogens with two attached hydrogens (primary N) is 1. The lowest BCUT2D eigenvalue weighted by atomic mass is 9.94. The smallest absolute Gasteiger partial charge is 0.282 e. The van der Waals surface area contributed by atoms with Gasteiger partial charge in [-0.05, 0) is 43.0 Å². The molecule has 1 amide bonds. The number of anilines is 1. The van der Waals surface area contributed by atoms with Crippen molar-refractivity contribution in [2.45, 2.75) is 26.2 Å². The summed E-state index contributed by atoms with van der Waals surface area (Å²) in [7, 11) is 1.58. The highest BCUT2D eigenvalue weighted by Crippen LogP contribution is 2.29. The van der Waals surface area contributed by atoms with Gasteiger partial charge in [-0.1, -0.05) is 13.3 Å². The number of piperidine rings is 1. The van der Waals surface area contributed by atoms with Crippen LogP contribution < -0.4 is 16.0 Å². The maximum Gasteiger partial charge on any atom is 0.282 e. The Hall–Kier alpha value is -2.87. The number of rotatable bonds is 4. The Bertz CT molecular complexity index is 1100. The first-order valence-electron chi connectivity index (χ1n) is 9.77. The van der Waals surface area contributed by atoms with E-state index in [9.17, 15) is 9.59 Å². The van der Waals surface area contributed by atoms with E-state index in [-0.39, 0.29) is 17.2 Å². The van der Waals surface area contributed by atoms with Gasteiger partial charge in [-0.25, -0.2) is 0 Å². The van der Waals surface area contributed by atoms with Gasteiger partial charge in [0.2, 0.25) is 0 Å². The summed E-state index contributed by atoms with van der Waals surface area (Å²) in [4.78, 5) is 28.2. The maximum atomic E-state index is 13.3. The number of nitrogen functional groups attached to an aromatic ring is 1. The molecule has 0 saturated carbocycles. The van der Waals surface area contributed by atoms with E-state index in [1.165, 1.54) is 16.0 Å². The Morgan fingerprint density at radius 3 is 2.59 bits per heavy atom. The van der Waals surface area contributed by atoms with Crippen molar-refractivity contribution in [2.75, 3.05) is 25.9 Å². The minimum atomic E-state index is -0.329. The fourth-order valence-corrected chi connectivity index (χ4v) is 4.61. The van der Waals surface area contributed by atoms with Crippen molar-refractivity contribution in [1.82, 2.24) is 14.7 Å². The van der Waals surface area contributed by atoms with Crippen LogP contribution in [0.5, 0.6) is 5.75 Å². The number of carbonyl (C=O) groups excluding carboxylic acids is 1. The van der Waals surface area contributed by atoms with Crippen LogP contribution in [-0.4, -0.2) is 40.8 Å². The Labute approximate surface area is 172 Å². The molecule has 29 heavy (non-hydrogen) atoms. The van der Waals surface area contributed by atoms with Crippen molar-refractivity contribution in [1.29, 1.82) is 0 Å². The molecule has 1 aliphatic heterocycles. The van der Waals surface area contributed by atoms with Gasteiger partial charge in [-0.2, -0.15) is 9.78 Å². The molecule has 0 unspecified atom stereocenters. The summed E-state index contributed by atoms with van der Waals surface area (Å²) in [5, 5.41) is 7.51. The Morgan fingerprint density at radius 1 is 1.28 bits per heavy atom. The van der Waals surface area contributed by atoms with Crippen LogP contribution in [0.1, 0.15) is 36.7 Å². The molecule has 0 radical (unpaired) electrons. The number of fused-ring (bicyclic) bond motifs is 1. The maximum absolute atomic E-state index is 13.3. The zero-order valence-electron chi connectivity index (χ0n) is 16.6. The summed E-state index contributed by atoms with van der Waals surface area (Å²) in [6.45, 7) is 3.61. The van der Waals surface area contributed by atoms with Crippen LogP contribution >= 0.6 is 11.3 Å². The van der Waals surface area contributed by atoms with Crippen molar-refractivity contribution >= 4 is 33.0 Å². The number of ether oxygens (including phenoxy) is 1. The average molecular weight is 413 g/mol. The second-order valence-corrected chi connectivity index (χ2v) is 8.21. The first-order chi connectivity index (χ1) is 14.0. The molecule has 0 bridgehead atoms. The van der Waals surface area contributed by atoms with Crippen LogP contribution in [-0.2, 0) is 0 Å². The number of methoxy groups -OCH3 is 1. The average Bonchev–Trinajstić information content (AvgIpc) is 3.16. The number of hydrogen-bond acceptors (Lipinski definition) is 6. The summed E-state index contributed by atoms with van der Waals surface area (Å²) >= 11 is 1.26. The second kappa shape index (κ2) is 7.87. The molecule has 1 aliphatic rings.